The molecule has 0 saturated heterocycles. The molecular weight excluding hydrogens is 224 g/mol. The molecule has 0 amide bonds. The van der Waals surface area contributed by atoms with E-state index in [2.05, 4.69) is 0 Å². The van der Waals surface area contributed by atoms with Crippen LogP contribution in [0.2, 0.25) is 0 Å². The number of aryl methyl sites for hydroxylation is 1. The third-order valence-electron chi connectivity index (χ3n) is 4.32. The third kappa shape index (κ3) is 2.49. The van der Waals surface area contributed by atoms with E-state index in [-0.39, 0.29) is 17.6 Å². The molecule has 18 heavy (non-hydrogen) atoms. The summed E-state index contributed by atoms with van der Waals surface area (Å²) in [5.41, 5.74) is 1.25. The second-order valence-electron chi connectivity index (χ2n) is 5.97. The van der Waals surface area contributed by atoms with Crippen LogP contribution < -0.4 is 0 Å². The quantitative estimate of drug-likeness (QED) is 0.889. The molecule has 0 heterocycles. The van der Waals surface area contributed by atoms with Gasteiger partial charge in [0, 0.05) is 11.5 Å². The zero-order valence-corrected chi connectivity index (χ0v) is 11.4. The minimum absolute atomic E-state index is 0.0303. The van der Waals surface area contributed by atoms with Crippen LogP contribution in [0.5, 0.6) is 0 Å². The smallest absolute Gasteiger partial charge is 0.166 e. The van der Waals surface area contributed by atoms with E-state index in [1.807, 2.05) is 45.0 Å². The molecule has 1 aromatic rings. The highest BCUT2D eigenvalue weighted by Gasteiger charge is 2.34. The van der Waals surface area contributed by atoms with E-state index in [0.29, 0.717) is 6.42 Å². The number of carbonyl (C=O) groups is 1. The van der Waals surface area contributed by atoms with E-state index in [9.17, 15) is 9.90 Å². The number of benzene rings is 1. The van der Waals surface area contributed by atoms with Gasteiger partial charge in [0.05, 0.1) is 5.60 Å². The maximum absolute atomic E-state index is 12.4. The Morgan fingerprint density at radius 3 is 2.72 bits per heavy atom. The highest BCUT2D eigenvalue weighted by Crippen LogP contribution is 2.33. The van der Waals surface area contributed by atoms with Crippen molar-refractivity contribution in [2.45, 2.75) is 45.6 Å². The van der Waals surface area contributed by atoms with Gasteiger partial charge in [0.2, 0.25) is 0 Å². The Hall–Kier alpha value is -1.15. The van der Waals surface area contributed by atoms with Crippen molar-refractivity contribution in [3.63, 3.8) is 0 Å². The molecule has 2 heteroatoms. The van der Waals surface area contributed by atoms with Crippen LogP contribution in [0.1, 0.15) is 49.5 Å². The Morgan fingerprint density at radius 1 is 1.39 bits per heavy atom. The SMILES string of the molecule is CC(C)C(C)(O)CC1CCc2ccccc2C1=O. The fourth-order valence-electron chi connectivity index (χ4n) is 2.59. The summed E-state index contributed by atoms with van der Waals surface area (Å²) in [5, 5.41) is 10.4. The fourth-order valence-corrected chi connectivity index (χ4v) is 2.59. The molecule has 2 atom stereocenters. The van der Waals surface area contributed by atoms with Crippen LogP contribution in [0.25, 0.3) is 0 Å². The van der Waals surface area contributed by atoms with Crippen molar-refractivity contribution in [1.82, 2.24) is 0 Å². The average molecular weight is 246 g/mol. The molecule has 1 aliphatic carbocycles. The van der Waals surface area contributed by atoms with Gasteiger partial charge in [-0.15, -0.1) is 0 Å². The van der Waals surface area contributed by atoms with Gasteiger partial charge >= 0.3 is 0 Å². The van der Waals surface area contributed by atoms with Crippen molar-refractivity contribution < 1.29 is 9.90 Å². The van der Waals surface area contributed by atoms with E-state index in [1.54, 1.807) is 0 Å². The summed E-state index contributed by atoms with van der Waals surface area (Å²) in [6.45, 7) is 5.84. The lowest BCUT2D eigenvalue weighted by atomic mass is 9.75. The average Bonchev–Trinajstić information content (AvgIpc) is 2.33. The zero-order chi connectivity index (χ0) is 13.3. The summed E-state index contributed by atoms with van der Waals surface area (Å²) in [7, 11) is 0. The van der Waals surface area contributed by atoms with Gasteiger partial charge in [0.1, 0.15) is 0 Å². The van der Waals surface area contributed by atoms with E-state index < -0.39 is 5.60 Å². The van der Waals surface area contributed by atoms with Crippen LogP contribution >= 0.6 is 0 Å². The van der Waals surface area contributed by atoms with Crippen LogP contribution in [0, 0.1) is 11.8 Å². The summed E-state index contributed by atoms with van der Waals surface area (Å²) in [6.07, 6.45) is 2.37. The van der Waals surface area contributed by atoms with Gasteiger partial charge in [-0.1, -0.05) is 38.1 Å². The van der Waals surface area contributed by atoms with E-state index in [0.717, 1.165) is 24.0 Å². The van der Waals surface area contributed by atoms with Crippen LogP contribution in [-0.2, 0) is 6.42 Å². The molecule has 2 rings (SSSR count). The summed E-state index contributed by atoms with van der Waals surface area (Å²) >= 11 is 0. The van der Waals surface area contributed by atoms with Crippen LogP contribution in [-0.4, -0.2) is 16.5 Å². The van der Waals surface area contributed by atoms with E-state index in [1.165, 1.54) is 0 Å². The van der Waals surface area contributed by atoms with Crippen LogP contribution in [0.3, 0.4) is 0 Å². The highest BCUT2D eigenvalue weighted by molar-refractivity contribution is 6.00. The zero-order valence-electron chi connectivity index (χ0n) is 11.4. The van der Waals surface area contributed by atoms with Gasteiger partial charge in [-0.3, -0.25) is 4.79 Å². The molecular formula is C16H22O2. The number of hydrogen-bond donors (Lipinski definition) is 1. The van der Waals surface area contributed by atoms with E-state index >= 15 is 0 Å². The maximum Gasteiger partial charge on any atom is 0.166 e. The Bertz CT molecular complexity index is 446. The van der Waals surface area contributed by atoms with Gasteiger partial charge < -0.3 is 5.11 Å². The van der Waals surface area contributed by atoms with Gasteiger partial charge in [-0.05, 0) is 37.7 Å². The van der Waals surface area contributed by atoms with E-state index in [4.69, 9.17) is 0 Å². The summed E-state index contributed by atoms with van der Waals surface area (Å²) in [5.74, 6) is 0.345. The standard InChI is InChI=1S/C16H22O2/c1-11(2)16(3,18)10-13-9-8-12-6-4-5-7-14(12)15(13)17/h4-7,11,13,18H,8-10H2,1-3H3. The van der Waals surface area contributed by atoms with Crippen molar-refractivity contribution in [3.8, 4) is 0 Å². The molecule has 0 aromatic heterocycles. The predicted octanol–water partition coefficient (Wildman–Crippen LogP) is 3.23. The second-order valence-corrected chi connectivity index (χ2v) is 5.97. The lowest BCUT2D eigenvalue weighted by Gasteiger charge is -2.33. The first kappa shape index (κ1) is 13.3. The number of aliphatic hydroxyl groups is 1. The molecule has 2 nitrogen and oxygen atoms in total. The molecule has 0 saturated carbocycles. The lowest BCUT2D eigenvalue weighted by molar-refractivity contribution is -0.00881. The first-order chi connectivity index (χ1) is 8.42. The minimum Gasteiger partial charge on any atom is -0.390 e. The molecule has 0 radical (unpaired) electrons. The summed E-state index contributed by atoms with van der Waals surface area (Å²) in [6, 6.07) is 7.84. The number of Topliss-reactive ketones (excluding diaryl/α,β-unsaturated/α-hetero) is 1. The number of fused-ring (bicyclic) bond motifs is 1. The molecule has 1 aliphatic rings. The largest absolute Gasteiger partial charge is 0.390 e. The number of ketones is 1. The molecule has 1 N–H and O–H groups in total. The summed E-state index contributed by atoms with van der Waals surface area (Å²) in [4.78, 5) is 12.4. The topological polar surface area (TPSA) is 37.3 Å². The van der Waals surface area contributed by atoms with Crippen molar-refractivity contribution in [2.24, 2.45) is 11.8 Å². The molecule has 2 unspecified atom stereocenters. The van der Waals surface area contributed by atoms with Crippen LogP contribution in [0.4, 0.5) is 0 Å². The Kier molecular flexibility index (Phi) is 3.58. The fraction of sp³-hybridized carbons (Fsp3) is 0.562. The first-order valence-electron chi connectivity index (χ1n) is 6.76. The van der Waals surface area contributed by atoms with Gasteiger partial charge in [0.25, 0.3) is 0 Å². The van der Waals surface area contributed by atoms with Gasteiger partial charge in [-0.25, -0.2) is 0 Å². The molecule has 0 bridgehead atoms. The van der Waals surface area contributed by atoms with Crippen molar-refractivity contribution in [2.75, 3.05) is 0 Å². The number of rotatable bonds is 3. The molecule has 1 aromatic carbocycles. The molecule has 0 fully saturated rings. The van der Waals surface area contributed by atoms with Crippen molar-refractivity contribution in [3.05, 3.63) is 35.4 Å². The van der Waals surface area contributed by atoms with Crippen LogP contribution in [0.15, 0.2) is 24.3 Å². The second kappa shape index (κ2) is 4.85. The van der Waals surface area contributed by atoms with Gasteiger partial charge in [0.15, 0.2) is 5.78 Å². The number of hydrogen-bond acceptors (Lipinski definition) is 2. The minimum atomic E-state index is -0.757. The third-order valence-corrected chi connectivity index (χ3v) is 4.32. The summed E-state index contributed by atoms with van der Waals surface area (Å²) < 4.78 is 0. The monoisotopic (exact) mass is 246 g/mol. The molecule has 0 spiro atoms. The Balaban J connectivity index is 2.18. The maximum atomic E-state index is 12.4. The normalized spacial score (nSPS) is 22.7. The van der Waals surface area contributed by atoms with Gasteiger partial charge in [-0.2, -0.15) is 0 Å². The van der Waals surface area contributed by atoms with Crippen molar-refractivity contribution in [1.29, 1.82) is 0 Å². The number of carbonyl (C=O) groups excluding carboxylic acids is 1. The molecule has 98 valence electrons. The predicted molar refractivity (Wildman–Crippen MR) is 72.7 cm³/mol. The molecule has 0 aliphatic heterocycles. The first-order valence-corrected chi connectivity index (χ1v) is 6.76. The van der Waals surface area contributed by atoms with Crippen molar-refractivity contribution >= 4 is 5.78 Å². The Morgan fingerprint density at radius 2 is 2.06 bits per heavy atom. The Labute approximate surface area is 109 Å². The highest BCUT2D eigenvalue weighted by atomic mass is 16.3. The lowest BCUT2D eigenvalue weighted by Crippen LogP contribution is -2.37.